The minimum absolute atomic E-state index is 0.0141. The van der Waals surface area contributed by atoms with E-state index in [1.165, 1.54) is 0 Å². The van der Waals surface area contributed by atoms with Gasteiger partial charge in [0.2, 0.25) is 0 Å². The van der Waals surface area contributed by atoms with Crippen LogP contribution in [0.15, 0.2) is 0 Å². The number of morpholine rings is 1. The van der Waals surface area contributed by atoms with E-state index < -0.39 is 12.1 Å². The summed E-state index contributed by atoms with van der Waals surface area (Å²) in [4.78, 5) is 29.3. The second-order valence-corrected chi connectivity index (χ2v) is 5.81. The molecule has 2 saturated heterocycles. The zero-order valence-corrected chi connectivity index (χ0v) is 12.8. The molecule has 2 atom stereocenters. The molecule has 2 aliphatic heterocycles. The minimum Gasteiger partial charge on any atom is -0.481 e. The maximum atomic E-state index is 12.6. The van der Waals surface area contributed by atoms with Crippen LogP contribution in [0.1, 0.15) is 19.8 Å². The Bertz CT molecular complexity index is 390. The zero-order valence-electron chi connectivity index (χ0n) is 12.8. The van der Waals surface area contributed by atoms with Crippen LogP contribution in [0.5, 0.6) is 0 Å². The molecule has 7 nitrogen and oxygen atoms in total. The number of amides is 2. The van der Waals surface area contributed by atoms with E-state index in [0.717, 1.165) is 26.1 Å². The number of carboxylic acid groups (broad SMARTS) is 1. The summed E-state index contributed by atoms with van der Waals surface area (Å²) in [5.41, 5.74) is 0. The summed E-state index contributed by atoms with van der Waals surface area (Å²) in [7, 11) is 2.09. The van der Waals surface area contributed by atoms with Crippen molar-refractivity contribution in [1.82, 2.24) is 14.7 Å². The van der Waals surface area contributed by atoms with Crippen molar-refractivity contribution in [2.75, 3.05) is 46.4 Å². The van der Waals surface area contributed by atoms with Crippen molar-refractivity contribution in [3.05, 3.63) is 0 Å². The number of piperazine rings is 1. The van der Waals surface area contributed by atoms with E-state index in [0.29, 0.717) is 25.7 Å². The summed E-state index contributed by atoms with van der Waals surface area (Å²) < 4.78 is 5.41. The van der Waals surface area contributed by atoms with E-state index in [9.17, 15) is 9.59 Å². The smallest absolute Gasteiger partial charge is 0.320 e. The van der Waals surface area contributed by atoms with Crippen molar-refractivity contribution in [2.24, 2.45) is 0 Å². The number of nitrogens with zero attached hydrogens (tertiary/aromatic N) is 3. The molecule has 2 fully saturated rings. The molecule has 0 bridgehead atoms. The van der Waals surface area contributed by atoms with Gasteiger partial charge >= 0.3 is 12.0 Å². The van der Waals surface area contributed by atoms with E-state index in [2.05, 4.69) is 18.9 Å². The Morgan fingerprint density at radius 2 is 1.90 bits per heavy atom. The predicted molar refractivity (Wildman–Crippen MR) is 77.2 cm³/mol. The molecule has 2 heterocycles. The average molecular weight is 299 g/mol. The summed E-state index contributed by atoms with van der Waals surface area (Å²) in [5, 5.41) is 8.84. The third kappa shape index (κ3) is 4.07. The van der Waals surface area contributed by atoms with E-state index >= 15 is 0 Å². The molecule has 0 aromatic heterocycles. The third-order valence-corrected chi connectivity index (χ3v) is 4.33. The fourth-order valence-electron chi connectivity index (χ4n) is 2.97. The largest absolute Gasteiger partial charge is 0.481 e. The van der Waals surface area contributed by atoms with Gasteiger partial charge in [0, 0.05) is 38.8 Å². The van der Waals surface area contributed by atoms with Crippen LogP contribution in [0.3, 0.4) is 0 Å². The fourth-order valence-corrected chi connectivity index (χ4v) is 2.97. The molecule has 2 rings (SSSR count). The topological polar surface area (TPSA) is 73.3 Å². The van der Waals surface area contributed by atoms with Gasteiger partial charge in [-0.05, 0) is 13.5 Å². The molecule has 0 radical (unpaired) electrons. The standard InChI is InChI=1S/C14H25N3O4/c1-3-11-9-16(5-4-15(11)2)14(20)17-6-7-21-12(10-17)8-13(18)19/h11-12H,3-10H2,1-2H3,(H,18,19). The molecule has 2 aliphatic rings. The van der Waals surface area contributed by atoms with E-state index in [1.54, 1.807) is 4.90 Å². The molecular weight excluding hydrogens is 274 g/mol. The molecule has 0 aliphatic carbocycles. The highest BCUT2D eigenvalue weighted by Crippen LogP contribution is 2.15. The van der Waals surface area contributed by atoms with Gasteiger partial charge in [-0.1, -0.05) is 6.92 Å². The van der Waals surface area contributed by atoms with Crippen LogP contribution >= 0.6 is 0 Å². The summed E-state index contributed by atoms with van der Waals surface area (Å²) in [6.45, 7) is 5.81. The van der Waals surface area contributed by atoms with Crippen molar-refractivity contribution in [2.45, 2.75) is 31.9 Å². The SMILES string of the molecule is CCC1CN(C(=O)N2CCOC(CC(=O)O)C2)CCN1C. The van der Waals surface area contributed by atoms with Gasteiger partial charge in [-0.15, -0.1) is 0 Å². The van der Waals surface area contributed by atoms with Crippen LogP contribution in [0.4, 0.5) is 4.79 Å². The highest BCUT2D eigenvalue weighted by molar-refractivity contribution is 5.75. The number of carboxylic acids is 1. The van der Waals surface area contributed by atoms with Crippen LogP contribution in [-0.2, 0) is 9.53 Å². The highest BCUT2D eigenvalue weighted by Gasteiger charge is 2.32. The minimum atomic E-state index is -0.889. The number of urea groups is 1. The molecule has 120 valence electrons. The second-order valence-electron chi connectivity index (χ2n) is 5.81. The van der Waals surface area contributed by atoms with Gasteiger partial charge in [-0.25, -0.2) is 4.79 Å². The maximum absolute atomic E-state index is 12.6. The molecule has 0 spiro atoms. The molecule has 0 saturated carbocycles. The number of aliphatic carboxylic acids is 1. The Kier molecular flexibility index (Phi) is 5.41. The number of hydrogen-bond acceptors (Lipinski definition) is 4. The van der Waals surface area contributed by atoms with Crippen molar-refractivity contribution in [1.29, 1.82) is 0 Å². The number of likely N-dealkylation sites (N-methyl/N-ethyl adjacent to an activating group) is 1. The summed E-state index contributed by atoms with van der Waals surface area (Å²) in [6.07, 6.45) is 0.574. The normalized spacial score (nSPS) is 27.7. The van der Waals surface area contributed by atoms with Crippen molar-refractivity contribution in [3.63, 3.8) is 0 Å². The lowest BCUT2D eigenvalue weighted by Gasteiger charge is -2.42. The fraction of sp³-hybridized carbons (Fsp3) is 0.857. The predicted octanol–water partition coefficient (Wildman–Crippen LogP) is 0.308. The number of rotatable bonds is 3. The molecule has 2 unspecified atom stereocenters. The number of carbonyl (C=O) groups is 2. The Morgan fingerprint density at radius 1 is 1.19 bits per heavy atom. The van der Waals surface area contributed by atoms with Gasteiger partial charge in [0.15, 0.2) is 0 Å². The first-order valence-corrected chi connectivity index (χ1v) is 7.58. The summed E-state index contributed by atoms with van der Waals surface area (Å²) in [5.74, 6) is -0.889. The van der Waals surface area contributed by atoms with Gasteiger partial charge in [0.05, 0.1) is 19.1 Å². The monoisotopic (exact) mass is 299 g/mol. The Morgan fingerprint density at radius 3 is 2.57 bits per heavy atom. The van der Waals surface area contributed by atoms with Crippen LogP contribution in [-0.4, -0.2) is 90.3 Å². The summed E-state index contributed by atoms with van der Waals surface area (Å²) in [6, 6.07) is 0.416. The Hall–Kier alpha value is -1.34. The maximum Gasteiger partial charge on any atom is 0.320 e. The summed E-state index contributed by atoms with van der Waals surface area (Å²) >= 11 is 0. The van der Waals surface area contributed by atoms with Crippen molar-refractivity contribution < 1.29 is 19.4 Å². The van der Waals surface area contributed by atoms with E-state index in [-0.39, 0.29) is 12.5 Å². The average Bonchev–Trinajstić information content (AvgIpc) is 2.46. The van der Waals surface area contributed by atoms with Gasteiger partial charge in [0.1, 0.15) is 0 Å². The lowest BCUT2D eigenvalue weighted by atomic mass is 10.1. The van der Waals surface area contributed by atoms with Gasteiger partial charge < -0.3 is 19.6 Å². The zero-order chi connectivity index (χ0) is 15.4. The number of ether oxygens (including phenoxy) is 1. The molecule has 2 amide bonds. The van der Waals surface area contributed by atoms with Crippen LogP contribution in [0.2, 0.25) is 0 Å². The van der Waals surface area contributed by atoms with E-state index in [4.69, 9.17) is 9.84 Å². The molecule has 0 aromatic carbocycles. The van der Waals surface area contributed by atoms with Crippen molar-refractivity contribution in [3.8, 4) is 0 Å². The molecule has 21 heavy (non-hydrogen) atoms. The molecule has 0 aromatic rings. The van der Waals surface area contributed by atoms with Gasteiger partial charge in [0.25, 0.3) is 0 Å². The quantitative estimate of drug-likeness (QED) is 0.812. The molecule has 7 heteroatoms. The third-order valence-electron chi connectivity index (χ3n) is 4.33. The van der Waals surface area contributed by atoms with Crippen LogP contribution in [0.25, 0.3) is 0 Å². The Labute approximate surface area is 125 Å². The number of hydrogen-bond donors (Lipinski definition) is 1. The molecular formula is C14H25N3O4. The lowest BCUT2D eigenvalue weighted by molar-refractivity contribution is -0.141. The van der Waals surface area contributed by atoms with Crippen molar-refractivity contribution >= 4 is 12.0 Å². The Balaban J connectivity index is 1.91. The second kappa shape index (κ2) is 7.09. The first-order chi connectivity index (χ1) is 10.0. The lowest BCUT2D eigenvalue weighted by Crippen LogP contribution is -2.58. The van der Waals surface area contributed by atoms with Gasteiger partial charge in [-0.2, -0.15) is 0 Å². The van der Waals surface area contributed by atoms with Gasteiger partial charge in [-0.3, -0.25) is 9.69 Å². The van der Waals surface area contributed by atoms with E-state index in [1.807, 2.05) is 4.90 Å². The molecule has 1 N–H and O–H groups in total. The van der Waals surface area contributed by atoms with Crippen LogP contribution < -0.4 is 0 Å². The first kappa shape index (κ1) is 16.0. The number of carbonyl (C=O) groups excluding carboxylic acids is 1. The van der Waals surface area contributed by atoms with Crippen LogP contribution in [0, 0.1) is 0 Å². The first-order valence-electron chi connectivity index (χ1n) is 7.58. The highest BCUT2D eigenvalue weighted by atomic mass is 16.5.